The Kier molecular flexibility index (Phi) is 13.6. The first kappa shape index (κ1) is 51.3. The lowest BCUT2D eigenvalue weighted by molar-refractivity contribution is 0.632. The number of benzene rings is 12. The molecule has 0 bridgehead atoms. The molecule has 0 amide bonds. The molecule has 0 fully saturated rings. The Morgan fingerprint density at radius 2 is 0.683 bits per heavy atom. The standard InChI is InChI=1S/C78H64N4/c1-55-36-43-64(44-37-55)81(65-45-38-56(2)39-46-65)69-49-50-70(57(3)52-69)72-33-21-32-71(77(72)59-42-51-76-74(53-59)78(4,5)73-34-18-19-35-75(73)82(76)63-28-16-9-17-29-63)58-40-47-66(48-41-58)80(62-26-14-8-15-27-62)68-31-20-30-67(54-68)79(60-22-10-6-11-23-60)61-24-12-7-13-25-61/h6-54H,1-5H3. The average Bonchev–Trinajstić information content (AvgIpc) is 3.61. The molecule has 0 unspecified atom stereocenters. The van der Waals surface area contributed by atoms with Crippen LogP contribution >= 0.6 is 0 Å². The predicted octanol–water partition coefficient (Wildman–Crippen LogP) is 22.1. The average molecular weight is 1060 g/mol. The Balaban J connectivity index is 0.965. The van der Waals surface area contributed by atoms with E-state index in [9.17, 15) is 0 Å². The van der Waals surface area contributed by atoms with Gasteiger partial charge in [0.15, 0.2) is 0 Å². The van der Waals surface area contributed by atoms with Crippen LogP contribution in [0, 0.1) is 20.8 Å². The van der Waals surface area contributed by atoms with Gasteiger partial charge in [0.05, 0.1) is 11.4 Å². The molecule has 0 spiro atoms. The minimum Gasteiger partial charge on any atom is -0.310 e. The largest absolute Gasteiger partial charge is 0.310 e. The van der Waals surface area contributed by atoms with Crippen molar-refractivity contribution in [2.75, 3.05) is 19.6 Å². The lowest BCUT2D eigenvalue weighted by atomic mass is 9.72. The maximum absolute atomic E-state index is 2.48. The molecule has 0 aliphatic carbocycles. The first-order valence-electron chi connectivity index (χ1n) is 28.4. The van der Waals surface area contributed by atoms with Crippen molar-refractivity contribution in [2.45, 2.75) is 40.0 Å². The van der Waals surface area contributed by atoms with Gasteiger partial charge in [-0.2, -0.15) is 0 Å². The smallest absolute Gasteiger partial charge is 0.0503 e. The van der Waals surface area contributed by atoms with Gasteiger partial charge >= 0.3 is 0 Å². The van der Waals surface area contributed by atoms with Crippen LogP contribution in [0.15, 0.2) is 297 Å². The van der Waals surface area contributed by atoms with Gasteiger partial charge < -0.3 is 19.6 Å². The zero-order chi connectivity index (χ0) is 55.7. The molecule has 4 heteroatoms. The zero-order valence-electron chi connectivity index (χ0n) is 47.1. The molecule has 396 valence electrons. The zero-order valence-corrected chi connectivity index (χ0v) is 47.1. The Morgan fingerprint density at radius 3 is 1.22 bits per heavy atom. The van der Waals surface area contributed by atoms with Crippen LogP contribution in [0.3, 0.4) is 0 Å². The second kappa shape index (κ2) is 21.8. The Labute approximate surface area is 483 Å². The molecule has 82 heavy (non-hydrogen) atoms. The SMILES string of the molecule is Cc1ccc(N(c2ccc(C)cc2)c2ccc(-c3cccc(-c4ccc(N(c5ccccc5)c5cccc(N(c6ccccc6)c6ccccc6)c5)cc4)c3-c3ccc4c(c3)C(C)(C)c3ccccc3N4c3ccccc3)c(C)c2)cc1. The van der Waals surface area contributed by atoms with Crippen molar-refractivity contribution in [1.29, 1.82) is 0 Å². The summed E-state index contributed by atoms with van der Waals surface area (Å²) in [6, 6.07) is 108. The van der Waals surface area contributed by atoms with Crippen molar-refractivity contribution in [3.8, 4) is 33.4 Å². The second-order valence-corrected chi connectivity index (χ2v) is 22.0. The molecule has 0 N–H and O–H groups in total. The van der Waals surface area contributed by atoms with Gasteiger partial charge in [-0.15, -0.1) is 0 Å². The molecule has 12 aromatic rings. The van der Waals surface area contributed by atoms with Gasteiger partial charge in [-0.3, -0.25) is 0 Å². The Hall–Kier alpha value is -10.2. The van der Waals surface area contributed by atoms with Crippen molar-refractivity contribution < 1.29 is 0 Å². The minimum atomic E-state index is -0.297. The van der Waals surface area contributed by atoms with E-state index in [-0.39, 0.29) is 5.41 Å². The van der Waals surface area contributed by atoms with Crippen molar-refractivity contribution in [1.82, 2.24) is 0 Å². The summed E-state index contributed by atoms with van der Waals surface area (Å²) < 4.78 is 0. The third-order valence-electron chi connectivity index (χ3n) is 16.3. The number of nitrogens with zero attached hydrogens (tertiary/aromatic N) is 4. The topological polar surface area (TPSA) is 13.0 Å². The van der Waals surface area contributed by atoms with Gasteiger partial charge in [0.25, 0.3) is 0 Å². The number of hydrogen-bond donors (Lipinski definition) is 0. The van der Waals surface area contributed by atoms with Gasteiger partial charge in [0.2, 0.25) is 0 Å². The van der Waals surface area contributed by atoms with Crippen LogP contribution in [0.5, 0.6) is 0 Å². The highest BCUT2D eigenvalue weighted by Crippen LogP contribution is 2.54. The van der Waals surface area contributed by atoms with Crippen molar-refractivity contribution in [2.24, 2.45) is 0 Å². The maximum atomic E-state index is 2.48. The highest BCUT2D eigenvalue weighted by molar-refractivity contribution is 5.98. The third kappa shape index (κ3) is 9.69. The van der Waals surface area contributed by atoms with Crippen LogP contribution in [-0.2, 0) is 5.41 Å². The van der Waals surface area contributed by atoms with Gasteiger partial charge in [-0.1, -0.05) is 189 Å². The summed E-state index contributed by atoms with van der Waals surface area (Å²) in [5, 5.41) is 0. The van der Waals surface area contributed by atoms with E-state index in [0.29, 0.717) is 0 Å². The summed E-state index contributed by atoms with van der Waals surface area (Å²) in [4.78, 5) is 9.50. The number of aryl methyl sites for hydroxylation is 3. The number of hydrogen-bond acceptors (Lipinski definition) is 4. The maximum Gasteiger partial charge on any atom is 0.0503 e. The fourth-order valence-electron chi connectivity index (χ4n) is 12.2. The van der Waals surface area contributed by atoms with E-state index >= 15 is 0 Å². The van der Waals surface area contributed by atoms with Crippen LogP contribution in [0.2, 0.25) is 0 Å². The van der Waals surface area contributed by atoms with Crippen LogP contribution < -0.4 is 19.6 Å². The van der Waals surface area contributed by atoms with E-state index in [4.69, 9.17) is 0 Å². The van der Waals surface area contributed by atoms with Crippen LogP contribution in [0.1, 0.15) is 41.7 Å². The fraction of sp³-hybridized carbons (Fsp3) is 0.0769. The molecule has 4 nitrogen and oxygen atoms in total. The lowest BCUT2D eigenvalue weighted by Crippen LogP contribution is -2.30. The van der Waals surface area contributed by atoms with Gasteiger partial charge in [-0.05, 0) is 204 Å². The number of para-hydroxylation sites is 5. The molecular weight excluding hydrogens is 993 g/mol. The van der Waals surface area contributed by atoms with Gasteiger partial charge in [0.1, 0.15) is 0 Å². The molecule has 0 atom stereocenters. The number of rotatable bonds is 13. The molecule has 0 radical (unpaired) electrons. The van der Waals surface area contributed by atoms with E-state index in [0.717, 1.165) is 68.0 Å². The van der Waals surface area contributed by atoms with Crippen molar-refractivity contribution >= 4 is 68.2 Å². The summed E-state index contributed by atoms with van der Waals surface area (Å²) in [6.07, 6.45) is 0. The summed E-state index contributed by atoms with van der Waals surface area (Å²) in [7, 11) is 0. The normalized spacial score (nSPS) is 12.3. The molecule has 0 saturated heterocycles. The molecule has 0 aromatic heterocycles. The lowest BCUT2D eigenvalue weighted by Gasteiger charge is -2.42. The summed E-state index contributed by atoms with van der Waals surface area (Å²) >= 11 is 0. The van der Waals surface area contributed by atoms with Gasteiger partial charge in [-0.25, -0.2) is 0 Å². The summed E-state index contributed by atoms with van der Waals surface area (Å²) in [6.45, 7) is 11.3. The molecule has 1 aliphatic heterocycles. The van der Waals surface area contributed by atoms with Crippen molar-refractivity contribution in [3.63, 3.8) is 0 Å². The van der Waals surface area contributed by atoms with Gasteiger partial charge in [0, 0.05) is 62.3 Å². The molecule has 0 saturated carbocycles. The van der Waals surface area contributed by atoms with E-state index in [1.807, 2.05) is 0 Å². The first-order chi connectivity index (χ1) is 40.2. The van der Waals surface area contributed by atoms with E-state index in [1.54, 1.807) is 0 Å². The van der Waals surface area contributed by atoms with Crippen molar-refractivity contribution in [3.05, 3.63) is 325 Å². The first-order valence-corrected chi connectivity index (χ1v) is 28.4. The molecule has 1 aliphatic rings. The monoisotopic (exact) mass is 1060 g/mol. The highest BCUT2D eigenvalue weighted by atomic mass is 15.2. The number of anilines is 12. The third-order valence-corrected chi connectivity index (χ3v) is 16.3. The molecule has 13 rings (SSSR count). The Bertz CT molecular complexity index is 4110. The highest BCUT2D eigenvalue weighted by Gasteiger charge is 2.37. The fourth-order valence-corrected chi connectivity index (χ4v) is 12.2. The van der Waals surface area contributed by atoms with E-state index in [1.165, 1.54) is 61.4 Å². The predicted molar refractivity (Wildman–Crippen MR) is 348 cm³/mol. The van der Waals surface area contributed by atoms with Crippen LogP contribution in [0.4, 0.5) is 68.2 Å². The second-order valence-electron chi connectivity index (χ2n) is 22.0. The van der Waals surface area contributed by atoms with Crippen LogP contribution in [0.25, 0.3) is 33.4 Å². The summed E-state index contributed by atoms with van der Waals surface area (Å²) in [5.41, 5.74) is 26.3. The van der Waals surface area contributed by atoms with E-state index in [2.05, 4.69) is 351 Å². The van der Waals surface area contributed by atoms with E-state index < -0.39 is 0 Å². The quantitative estimate of drug-likeness (QED) is 0.114. The molecule has 12 aromatic carbocycles. The van der Waals surface area contributed by atoms with Crippen LogP contribution in [-0.4, -0.2) is 0 Å². The molecule has 1 heterocycles. The molecular formula is C78H64N4. The Morgan fingerprint density at radius 1 is 0.280 bits per heavy atom. The summed E-state index contributed by atoms with van der Waals surface area (Å²) in [5.74, 6) is 0. The number of fused-ring (bicyclic) bond motifs is 2. The minimum absolute atomic E-state index is 0.297.